The van der Waals surface area contributed by atoms with Crippen LogP contribution >= 0.6 is 15.9 Å². The van der Waals surface area contributed by atoms with E-state index in [2.05, 4.69) is 31.2 Å². The third-order valence-electron chi connectivity index (χ3n) is 4.06. The van der Waals surface area contributed by atoms with E-state index < -0.39 is 11.4 Å². The van der Waals surface area contributed by atoms with Crippen molar-refractivity contribution in [1.82, 2.24) is 0 Å². The maximum Gasteiger partial charge on any atom is 0.266 e. The van der Waals surface area contributed by atoms with Gasteiger partial charge in [-0.25, -0.2) is 9.98 Å². The van der Waals surface area contributed by atoms with Crippen LogP contribution in [-0.2, 0) is 4.79 Å². The molecular formula is C17H13BrN6O. The molecule has 7 nitrogen and oxygen atoms in total. The SMILES string of the molecule is NC1=NC2(C(=O)Nc3ccccc3N=C2c2ccc(Br)cc2)C(N)=N1. The summed E-state index contributed by atoms with van der Waals surface area (Å²) < 4.78 is 0.903. The van der Waals surface area contributed by atoms with Gasteiger partial charge in [0.1, 0.15) is 5.84 Å². The number of hydrogen-bond acceptors (Lipinski definition) is 6. The van der Waals surface area contributed by atoms with Crippen molar-refractivity contribution in [3.63, 3.8) is 0 Å². The number of fused-ring (bicyclic) bond motifs is 1. The molecule has 124 valence electrons. The van der Waals surface area contributed by atoms with Crippen LogP contribution in [0.2, 0.25) is 0 Å². The molecule has 1 atom stereocenters. The topological polar surface area (TPSA) is 118 Å². The van der Waals surface area contributed by atoms with Crippen LogP contribution in [0.5, 0.6) is 0 Å². The number of para-hydroxylation sites is 2. The van der Waals surface area contributed by atoms with Gasteiger partial charge in [0.15, 0.2) is 0 Å². The number of benzene rings is 2. The first-order valence-electron chi connectivity index (χ1n) is 7.46. The van der Waals surface area contributed by atoms with Crippen LogP contribution in [0, 0.1) is 0 Å². The fraction of sp³-hybridized carbons (Fsp3) is 0.0588. The maximum absolute atomic E-state index is 13.1. The molecule has 5 N–H and O–H groups in total. The number of amidine groups is 1. The van der Waals surface area contributed by atoms with Gasteiger partial charge in [-0.15, -0.1) is 0 Å². The van der Waals surface area contributed by atoms with Crippen LogP contribution in [0.1, 0.15) is 5.56 Å². The zero-order valence-electron chi connectivity index (χ0n) is 12.9. The van der Waals surface area contributed by atoms with Gasteiger partial charge >= 0.3 is 0 Å². The van der Waals surface area contributed by atoms with E-state index in [1.807, 2.05) is 42.5 Å². The van der Waals surface area contributed by atoms with Crippen molar-refractivity contribution >= 4 is 50.7 Å². The summed E-state index contributed by atoms with van der Waals surface area (Å²) in [5.41, 5.74) is 12.5. The lowest BCUT2D eigenvalue weighted by Crippen LogP contribution is -2.56. The molecule has 2 aromatic carbocycles. The molecule has 1 unspecified atom stereocenters. The molecule has 8 heteroatoms. The summed E-state index contributed by atoms with van der Waals surface area (Å²) in [6, 6.07) is 14.6. The van der Waals surface area contributed by atoms with E-state index in [1.54, 1.807) is 6.07 Å². The normalized spacial score (nSPS) is 21.8. The molecular weight excluding hydrogens is 384 g/mol. The van der Waals surface area contributed by atoms with Crippen molar-refractivity contribution in [3.8, 4) is 0 Å². The van der Waals surface area contributed by atoms with Gasteiger partial charge in [-0.05, 0) is 29.8 Å². The van der Waals surface area contributed by atoms with Gasteiger partial charge in [-0.3, -0.25) is 4.79 Å². The molecule has 0 bridgehead atoms. The molecule has 0 saturated heterocycles. The number of halogens is 1. The van der Waals surface area contributed by atoms with Crippen molar-refractivity contribution in [2.24, 2.45) is 26.4 Å². The average molecular weight is 397 g/mol. The maximum atomic E-state index is 13.1. The molecule has 4 rings (SSSR count). The monoisotopic (exact) mass is 396 g/mol. The Morgan fingerprint density at radius 2 is 1.72 bits per heavy atom. The fourth-order valence-electron chi connectivity index (χ4n) is 2.88. The molecule has 2 aliphatic heterocycles. The molecule has 1 spiro atoms. The van der Waals surface area contributed by atoms with Crippen molar-refractivity contribution < 1.29 is 4.79 Å². The van der Waals surface area contributed by atoms with Crippen molar-refractivity contribution in [3.05, 3.63) is 58.6 Å². The molecule has 0 saturated carbocycles. The zero-order valence-corrected chi connectivity index (χ0v) is 14.5. The summed E-state index contributed by atoms with van der Waals surface area (Å²) in [6.07, 6.45) is 0. The third-order valence-corrected chi connectivity index (χ3v) is 4.59. The van der Waals surface area contributed by atoms with Crippen LogP contribution in [0.3, 0.4) is 0 Å². The third kappa shape index (κ3) is 2.33. The van der Waals surface area contributed by atoms with E-state index in [1.165, 1.54) is 0 Å². The first-order chi connectivity index (χ1) is 12.0. The highest BCUT2D eigenvalue weighted by Crippen LogP contribution is 2.35. The van der Waals surface area contributed by atoms with Crippen molar-refractivity contribution in [1.29, 1.82) is 0 Å². The van der Waals surface area contributed by atoms with Gasteiger partial charge in [0.05, 0.1) is 17.1 Å². The van der Waals surface area contributed by atoms with Crippen LogP contribution in [0.4, 0.5) is 11.4 Å². The summed E-state index contributed by atoms with van der Waals surface area (Å²) >= 11 is 3.40. The summed E-state index contributed by atoms with van der Waals surface area (Å²) in [7, 11) is 0. The molecule has 0 radical (unpaired) electrons. The number of carbonyl (C=O) groups excluding carboxylic acids is 1. The Morgan fingerprint density at radius 1 is 1.00 bits per heavy atom. The van der Waals surface area contributed by atoms with Gasteiger partial charge in [0.2, 0.25) is 11.5 Å². The molecule has 0 aliphatic carbocycles. The largest absolute Gasteiger partial charge is 0.384 e. The smallest absolute Gasteiger partial charge is 0.266 e. The highest BCUT2D eigenvalue weighted by molar-refractivity contribution is 9.10. The lowest BCUT2D eigenvalue weighted by Gasteiger charge is -2.24. The second-order valence-electron chi connectivity index (χ2n) is 5.62. The Bertz CT molecular complexity index is 979. The van der Waals surface area contributed by atoms with Crippen LogP contribution in [-0.4, -0.2) is 29.0 Å². The molecule has 2 aliphatic rings. The summed E-state index contributed by atoms with van der Waals surface area (Å²) in [4.78, 5) is 26.0. The molecule has 0 fully saturated rings. The Hall–Kier alpha value is -3.00. The van der Waals surface area contributed by atoms with Gasteiger partial charge in [-0.1, -0.05) is 40.2 Å². The number of nitrogens with one attached hydrogen (secondary N) is 1. The number of rotatable bonds is 1. The quantitative estimate of drug-likeness (QED) is 0.683. The minimum absolute atomic E-state index is 0.00280. The number of guanidine groups is 1. The van der Waals surface area contributed by atoms with E-state index in [0.717, 1.165) is 4.47 Å². The van der Waals surface area contributed by atoms with Crippen LogP contribution < -0.4 is 16.8 Å². The number of nitrogens with two attached hydrogens (primary N) is 2. The van der Waals surface area contributed by atoms with Crippen molar-refractivity contribution in [2.75, 3.05) is 5.32 Å². The fourth-order valence-corrected chi connectivity index (χ4v) is 3.14. The Kier molecular flexibility index (Phi) is 3.43. The molecule has 25 heavy (non-hydrogen) atoms. The van der Waals surface area contributed by atoms with E-state index in [-0.39, 0.29) is 11.8 Å². The molecule has 0 aromatic heterocycles. The minimum Gasteiger partial charge on any atom is -0.384 e. The van der Waals surface area contributed by atoms with Gasteiger partial charge in [-0.2, -0.15) is 4.99 Å². The Labute approximate surface area is 151 Å². The van der Waals surface area contributed by atoms with Crippen molar-refractivity contribution in [2.45, 2.75) is 5.54 Å². The van der Waals surface area contributed by atoms with E-state index in [4.69, 9.17) is 16.5 Å². The number of nitrogens with zero attached hydrogens (tertiary/aromatic N) is 3. The van der Waals surface area contributed by atoms with Gasteiger partial charge in [0, 0.05) is 4.47 Å². The lowest BCUT2D eigenvalue weighted by atomic mass is 9.87. The number of hydrogen-bond donors (Lipinski definition) is 3. The second-order valence-corrected chi connectivity index (χ2v) is 6.53. The van der Waals surface area contributed by atoms with E-state index >= 15 is 0 Å². The first-order valence-corrected chi connectivity index (χ1v) is 8.25. The van der Waals surface area contributed by atoms with Crippen LogP contribution in [0.25, 0.3) is 0 Å². The highest BCUT2D eigenvalue weighted by Gasteiger charge is 2.52. The van der Waals surface area contributed by atoms with Crippen LogP contribution in [0.15, 0.2) is 68.0 Å². The summed E-state index contributed by atoms with van der Waals surface area (Å²) in [5, 5.41) is 2.83. The number of amides is 1. The van der Waals surface area contributed by atoms with E-state index in [0.29, 0.717) is 22.6 Å². The number of carbonyl (C=O) groups is 1. The lowest BCUT2D eigenvalue weighted by molar-refractivity contribution is -0.117. The standard InChI is InChI=1S/C17H13BrN6O/c18-10-7-5-9(6-8-10)13-17(14(19)23-16(20)24-17)15(25)22-12-4-2-1-3-11(12)21-13/h1-8H,(H,22,25)(H4,19,20,23,24). The van der Waals surface area contributed by atoms with Gasteiger partial charge in [0.25, 0.3) is 5.91 Å². The molecule has 2 aromatic rings. The molecule has 2 heterocycles. The Morgan fingerprint density at radius 3 is 2.40 bits per heavy atom. The number of anilines is 1. The first kappa shape index (κ1) is 15.5. The summed E-state index contributed by atoms with van der Waals surface area (Å²) in [5.74, 6) is -0.499. The summed E-state index contributed by atoms with van der Waals surface area (Å²) in [6.45, 7) is 0. The Balaban J connectivity index is 2.02. The van der Waals surface area contributed by atoms with Gasteiger partial charge < -0.3 is 16.8 Å². The predicted octanol–water partition coefficient (Wildman–Crippen LogP) is 1.95. The second kappa shape index (κ2) is 5.52. The predicted molar refractivity (Wildman–Crippen MR) is 101 cm³/mol. The van der Waals surface area contributed by atoms with E-state index in [9.17, 15) is 4.79 Å². The number of aliphatic imine (C=N–C) groups is 3. The average Bonchev–Trinajstić information content (AvgIpc) is 2.83. The minimum atomic E-state index is -1.59. The zero-order chi connectivity index (χ0) is 17.6. The molecule has 1 amide bonds. The highest BCUT2D eigenvalue weighted by atomic mass is 79.9.